The predicted molar refractivity (Wildman–Crippen MR) is 52.3 cm³/mol. The summed E-state index contributed by atoms with van der Waals surface area (Å²) in [6.07, 6.45) is 2.63. The van der Waals surface area contributed by atoms with Crippen LogP contribution in [-0.2, 0) is 9.84 Å². The molecule has 1 saturated carbocycles. The third-order valence-electron chi connectivity index (χ3n) is 2.85. The van der Waals surface area contributed by atoms with Gasteiger partial charge in [0.25, 0.3) is 0 Å². The molecule has 1 fully saturated rings. The van der Waals surface area contributed by atoms with E-state index in [0.717, 1.165) is 6.42 Å². The van der Waals surface area contributed by atoms with Crippen LogP contribution in [0.15, 0.2) is 0 Å². The predicted octanol–water partition coefficient (Wildman–Crippen LogP) is 0.971. The minimum Gasteiger partial charge on any atom is -0.392 e. The Morgan fingerprint density at radius 1 is 1.38 bits per heavy atom. The second-order valence-electron chi connectivity index (χ2n) is 4.84. The minimum atomic E-state index is -3.10. The molecule has 3 nitrogen and oxygen atoms in total. The van der Waals surface area contributed by atoms with E-state index in [1.54, 1.807) is 0 Å². The molecule has 0 aromatic rings. The maximum Gasteiger partial charge on any atom is 0.152 e. The van der Waals surface area contributed by atoms with Crippen LogP contribution in [-0.4, -0.2) is 31.1 Å². The Bertz CT molecular complexity index is 279. The first-order valence-electron chi connectivity index (χ1n) is 4.59. The Morgan fingerprint density at radius 3 is 2.31 bits per heavy atom. The van der Waals surface area contributed by atoms with Gasteiger partial charge in [-0.15, -0.1) is 0 Å². The number of aliphatic hydroxyl groups excluding tert-OH is 1. The molecule has 0 radical (unpaired) electrons. The van der Waals surface area contributed by atoms with Gasteiger partial charge in [-0.1, -0.05) is 13.8 Å². The fraction of sp³-hybridized carbons (Fsp3) is 1.00. The van der Waals surface area contributed by atoms with Crippen molar-refractivity contribution in [2.75, 3.05) is 6.26 Å². The Balaban J connectivity index is 2.84. The van der Waals surface area contributed by atoms with E-state index in [9.17, 15) is 13.5 Å². The fourth-order valence-corrected chi connectivity index (χ4v) is 3.40. The number of rotatable bonds is 1. The van der Waals surface area contributed by atoms with Gasteiger partial charge in [-0.25, -0.2) is 8.42 Å². The van der Waals surface area contributed by atoms with E-state index < -0.39 is 21.2 Å². The summed E-state index contributed by atoms with van der Waals surface area (Å²) in [5.74, 6) is 0. The summed E-state index contributed by atoms with van der Waals surface area (Å²) < 4.78 is 22.6. The van der Waals surface area contributed by atoms with Gasteiger partial charge in [0.15, 0.2) is 9.84 Å². The van der Waals surface area contributed by atoms with Crippen LogP contribution < -0.4 is 0 Å². The molecule has 0 aliphatic heterocycles. The second-order valence-corrected chi connectivity index (χ2v) is 7.11. The SMILES string of the molecule is CC1(C)CCC(O)C(S(C)(=O)=O)C1. The van der Waals surface area contributed by atoms with E-state index in [-0.39, 0.29) is 5.41 Å². The molecule has 13 heavy (non-hydrogen) atoms. The number of hydrogen-bond donors (Lipinski definition) is 1. The molecule has 2 unspecified atom stereocenters. The molecular formula is C9H18O3S. The first kappa shape index (κ1) is 11.0. The summed E-state index contributed by atoms with van der Waals surface area (Å²) in [5.41, 5.74) is 0.0486. The zero-order valence-electron chi connectivity index (χ0n) is 8.45. The summed E-state index contributed by atoms with van der Waals surface area (Å²) in [6.45, 7) is 4.11. The van der Waals surface area contributed by atoms with E-state index in [4.69, 9.17) is 0 Å². The van der Waals surface area contributed by atoms with Gasteiger partial charge in [-0.2, -0.15) is 0 Å². The topological polar surface area (TPSA) is 54.4 Å². The molecule has 4 heteroatoms. The van der Waals surface area contributed by atoms with Crippen molar-refractivity contribution < 1.29 is 13.5 Å². The maximum absolute atomic E-state index is 11.3. The van der Waals surface area contributed by atoms with Gasteiger partial charge in [0.2, 0.25) is 0 Å². The molecule has 0 saturated heterocycles. The average Bonchev–Trinajstić information content (AvgIpc) is 1.92. The highest BCUT2D eigenvalue weighted by Crippen LogP contribution is 2.37. The summed E-state index contributed by atoms with van der Waals surface area (Å²) >= 11 is 0. The van der Waals surface area contributed by atoms with E-state index in [2.05, 4.69) is 13.8 Å². The van der Waals surface area contributed by atoms with E-state index in [1.165, 1.54) is 6.26 Å². The monoisotopic (exact) mass is 206 g/mol. The first-order chi connectivity index (χ1) is 5.72. The zero-order valence-corrected chi connectivity index (χ0v) is 9.26. The molecule has 0 amide bonds. The van der Waals surface area contributed by atoms with Crippen molar-refractivity contribution in [2.45, 2.75) is 44.5 Å². The average molecular weight is 206 g/mol. The zero-order chi connectivity index (χ0) is 10.3. The Hall–Kier alpha value is -0.0900. The molecule has 0 spiro atoms. The maximum atomic E-state index is 11.3. The lowest BCUT2D eigenvalue weighted by Gasteiger charge is -2.37. The molecule has 1 aliphatic rings. The van der Waals surface area contributed by atoms with Crippen molar-refractivity contribution in [3.05, 3.63) is 0 Å². The van der Waals surface area contributed by atoms with Crippen LogP contribution in [0.1, 0.15) is 33.1 Å². The molecule has 0 bridgehead atoms. The smallest absolute Gasteiger partial charge is 0.152 e. The van der Waals surface area contributed by atoms with Gasteiger partial charge < -0.3 is 5.11 Å². The van der Waals surface area contributed by atoms with Gasteiger partial charge in [0.1, 0.15) is 0 Å². The molecular weight excluding hydrogens is 188 g/mol. The van der Waals surface area contributed by atoms with Crippen molar-refractivity contribution in [2.24, 2.45) is 5.41 Å². The van der Waals surface area contributed by atoms with Gasteiger partial charge in [-0.05, 0) is 24.7 Å². The summed E-state index contributed by atoms with van der Waals surface area (Å²) in [4.78, 5) is 0. The standard InChI is InChI=1S/C9H18O3S/c1-9(2)5-4-7(10)8(6-9)13(3,11)12/h7-8,10H,4-6H2,1-3H3. The summed E-state index contributed by atoms with van der Waals surface area (Å²) in [6, 6.07) is 0. The lowest BCUT2D eigenvalue weighted by atomic mass is 9.76. The highest BCUT2D eigenvalue weighted by atomic mass is 32.2. The van der Waals surface area contributed by atoms with Crippen LogP contribution >= 0.6 is 0 Å². The highest BCUT2D eigenvalue weighted by Gasteiger charge is 2.39. The summed E-state index contributed by atoms with van der Waals surface area (Å²) in [7, 11) is -3.10. The van der Waals surface area contributed by atoms with E-state index >= 15 is 0 Å². The van der Waals surface area contributed by atoms with Crippen LogP contribution in [0, 0.1) is 5.41 Å². The molecule has 0 heterocycles. The Kier molecular flexibility index (Phi) is 2.74. The Morgan fingerprint density at radius 2 is 1.92 bits per heavy atom. The fourth-order valence-electron chi connectivity index (χ4n) is 1.94. The molecule has 1 aliphatic carbocycles. The van der Waals surface area contributed by atoms with E-state index in [0.29, 0.717) is 12.8 Å². The van der Waals surface area contributed by atoms with Crippen molar-refractivity contribution >= 4 is 9.84 Å². The lowest BCUT2D eigenvalue weighted by molar-refractivity contribution is 0.0838. The Labute approximate surface area is 80.1 Å². The molecule has 1 rings (SSSR count). The molecule has 0 aromatic carbocycles. The molecule has 1 N–H and O–H groups in total. The number of aliphatic hydroxyl groups is 1. The number of hydrogen-bond acceptors (Lipinski definition) is 3. The minimum absolute atomic E-state index is 0.0486. The lowest BCUT2D eigenvalue weighted by Crippen LogP contribution is -2.42. The van der Waals surface area contributed by atoms with Gasteiger partial charge in [-0.3, -0.25) is 0 Å². The molecule has 2 atom stereocenters. The second kappa shape index (κ2) is 3.24. The highest BCUT2D eigenvalue weighted by molar-refractivity contribution is 7.91. The first-order valence-corrected chi connectivity index (χ1v) is 6.55. The quantitative estimate of drug-likeness (QED) is 0.695. The van der Waals surface area contributed by atoms with E-state index in [1.807, 2.05) is 0 Å². The van der Waals surface area contributed by atoms with Crippen LogP contribution in [0.3, 0.4) is 0 Å². The van der Waals surface area contributed by atoms with Crippen LogP contribution in [0.4, 0.5) is 0 Å². The summed E-state index contributed by atoms with van der Waals surface area (Å²) in [5, 5.41) is 9.00. The van der Waals surface area contributed by atoms with Crippen molar-refractivity contribution in [3.63, 3.8) is 0 Å². The van der Waals surface area contributed by atoms with Crippen molar-refractivity contribution in [1.29, 1.82) is 0 Å². The van der Waals surface area contributed by atoms with Gasteiger partial charge in [0.05, 0.1) is 11.4 Å². The van der Waals surface area contributed by atoms with Gasteiger partial charge >= 0.3 is 0 Å². The number of sulfone groups is 1. The third kappa shape index (κ3) is 2.68. The third-order valence-corrected chi connectivity index (χ3v) is 4.43. The van der Waals surface area contributed by atoms with Crippen LogP contribution in [0.2, 0.25) is 0 Å². The van der Waals surface area contributed by atoms with Crippen molar-refractivity contribution in [1.82, 2.24) is 0 Å². The molecule has 78 valence electrons. The van der Waals surface area contributed by atoms with Gasteiger partial charge in [0, 0.05) is 6.26 Å². The molecule has 0 aromatic heterocycles. The van der Waals surface area contributed by atoms with Crippen LogP contribution in [0.5, 0.6) is 0 Å². The van der Waals surface area contributed by atoms with Crippen LogP contribution in [0.25, 0.3) is 0 Å². The largest absolute Gasteiger partial charge is 0.392 e. The normalized spacial score (nSPS) is 34.5. The van der Waals surface area contributed by atoms with Crippen molar-refractivity contribution in [3.8, 4) is 0 Å².